The summed E-state index contributed by atoms with van der Waals surface area (Å²) in [7, 11) is -3.40. The molecule has 0 aromatic heterocycles. The number of piperidine rings is 1. The van der Waals surface area contributed by atoms with Crippen molar-refractivity contribution < 1.29 is 22.1 Å². The number of ether oxygens (including phenoxy) is 1. The van der Waals surface area contributed by atoms with E-state index in [2.05, 4.69) is 0 Å². The number of likely N-dealkylation sites (tertiary alicyclic amines) is 1. The molecule has 1 saturated heterocycles. The first kappa shape index (κ1) is 17.7. The van der Waals surface area contributed by atoms with E-state index in [0.29, 0.717) is 19.5 Å². The predicted octanol–water partition coefficient (Wildman–Crippen LogP) is 2.40. The van der Waals surface area contributed by atoms with Crippen LogP contribution in [0.3, 0.4) is 0 Å². The average molecular weight is 341 g/mol. The van der Waals surface area contributed by atoms with Crippen molar-refractivity contribution in [3.05, 3.63) is 35.9 Å². The van der Waals surface area contributed by atoms with E-state index in [4.69, 9.17) is 8.92 Å². The summed E-state index contributed by atoms with van der Waals surface area (Å²) >= 11 is 0. The summed E-state index contributed by atoms with van der Waals surface area (Å²) in [6, 6.07) is 9.55. The van der Waals surface area contributed by atoms with Crippen molar-refractivity contribution in [2.75, 3.05) is 26.0 Å². The van der Waals surface area contributed by atoms with E-state index < -0.39 is 10.1 Å². The van der Waals surface area contributed by atoms with E-state index in [-0.39, 0.29) is 25.2 Å². The number of benzene rings is 1. The summed E-state index contributed by atoms with van der Waals surface area (Å²) in [6.45, 7) is 1.69. The third kappa shape index (κ3) is 6.58. The lowest BCUT2D eigenvalue weighted by Crippen LogP contribution is -2.40. The quantitative estimate of drug-likeness (QED) is 0.743. The first-order valence-electron chi connectivity index (χ1n) is 7.74. The van der Waals surface area contributed by atoms with Crippen molar-refractivity contribution in [1.29, 1.82) is 0 Å². The zero-order valence-corrected chi connectivity index (χ0v) is 14.1. The molecule has 1 aliphatic heterocycles. The van der Waals surface area contributed by atoms with Crippen LogP contribution in [-0.4, -0.2) is 45.4 Å². The van der Waals surface area contributed by atoms with E-state index in [9.17, 15) is 13.2 Å². The molecule has 0 spiro atoms. The van der Waals surface area contributed by atoms with Crippen molar-refractivity contribution in [1.82, 2.24) is 4.90 Å². The molecule has 1 fully saturated rings. The van der Waals surface area contributed by atoms with Crippen LogP contribution in [0.4, 0.5) is 4.79 Å². The summed E-state index contributed by atoms with van der Waals surface area (Å²) in [6.07, 6.45) is 3.21. The maximum atomic E-state index is 12.1. The molecule has 0 bridgehead atoms. The summed E-state index contributed by atoms with van der Waals surface area (Å²) in [4.78, 5) is 13.8. The van der Waals surface area contributed by atoms with Gasteiger partial charge >= 0.3 is 6.09 Å². The van der Waals surface area contributed by atoms with Crippen molar-refractivity contribution in [3.63, 3.8) is 0 Å². The van der Waals surface area contributed by atoms with Crippen LogP contribution in [0.2, 0.25) is 0 Å². The number of amides is 1. The highest BCUT2D eigenvalue weighted by Crippen LogP contribution is 2.20. The van der Waals surface area contributed by atoms with Crippen LogP contribution in [0.1, 0.15) is 24.8 Å². The van der Waals surface area contributed by atoms with E-state index in [1.165, 1.54) is 0 Å². The van der Waals surface area contributed by atoms with Gasteiger partial charge in [-0.25, -0.2) is 4.79 Å². The normalized spacial score (nSPS) is 18.7. The lowest BCUT2D eigenvalue weighted by Gasteiger charge is -2.31. The SMILES string of the molecule is CS(=O)(=O)OCC[C@H]1CCCN(C(=O)OCc2ccccc2)C1. The second kappa shape index (κ2) is 8.31. The Morgan fingerprint density at radius 2 is 2.04 bits per heavy atom. The summed E-state index contributed by atoms with van der Waals surface area (Å²) in [5, 5.41) is 0. The van der Waals surface area contributed by atoms with Gasteiger partial charge in [0.25, 0.3) is 10.1 Å². The van der Waals surface area contributed by atoms with Crippen LogP contribution in [0.15, 0.2) is 30.3 Å². The van der Waals surface area contributed by atoms with Gasteiger partial charge in [0.05, 0.1) is 12.9 Å². The van der Waals surface area contributed by atoms with E-state index >= 15 is 0 Å². The highest BCUT2D eigenvalue weighted by atomic mass is 32.2. The molecule has 1 atom stereocenters. The summed E-state index contributed by atoms with van der Waals surface area (Å²) in [5.74, 6) is 0.245. The molecule has 7 heteroatoms. The standard InChI is InChI=1S/C16H23NO5S/c1-23(19,20)22-11-9-14-8-5-10-17(12-14)16(18)21-13-15-6-3-2-4-7-15/h2-4,6-7,14H,5,8-13H2,1H3/t14-/m1/s1. The molecule has 0 unspecified atom stereocenters. The van der Waals surface area contributed by atoms with Crippen LogP contribution in [0.25, 0.3) is 0 Å². The number of rotatable bonds is 6. The molecule has 0 N–H and O–H groups in total. The molecule has 1 heterocycles. The first-order chi connectivity index (χ1) is 10.9. The van der Waals surface area contributed by atoms with Gasteiger partial charge in [-0.3, -0.25) is 4.18 Å². The minimum absolute atomic E-state index is 0.163. The Labute approximate surface area is 137 Å². The Balaban J connectivity index is 1.75. The molecular weight excluding hydrogens is 318 g/mol. The van der Waals surface area contributed by atoms with Crippen LogP contribution < -0.4 is 0 Å². The molecule has 1 aromatic rings. The zero-order valence-electron chi connectivity index (χ0n) is 13.3. The number of carbonyl (C=O) groups excluding carboxylic acids is 1. The highest BCUT2D eigenvalue weighted by Gasteiger charge is 2.24. The minimum Gasteiger partial charge on any atom is -0.445 e. The fourth-order valence-electron chi connectivity index (χ4n) is 2.64. The van der Waals surface area contributed by atoms with Gasteiger partial charge in [-0.1, -0.05) is 30.3 Å². The van der Waals surface area contributed by atoms with E-state index in [1.807, 2.05) is 30.3 Å². The maximum absolute atomic E-state index is 12.1. The molecule has 1 aliphatic rings. The van der Waals surface area contributed by atoms with Crippen molar-refractivity contribution in [3.8, 4) is 0 Å². The average Bonchev–Trinajstić information content (AvgIpc) is 2.53. The van der Waals surface area contributed by atoms with Crippen LogP contribution in [-0.2, 0) is 25.6 Å². The lowest BCUT2D eigenvalue weighted by molar-refractivity contribution is 0.0759. The first-order valence-corrected chi connectivity index (χ1v) is 9.56. The van der Waals surface area contributed by atoms with Crippen molar-refractivity contribution in [2.45, 2.75) is 25.9 Å². The van der Waals surface area contributed by atoms with Gasteiger partial charge in [-0.15, -0.1) is 0 Å². The van der Waals surface area contributed by atoms with Crippen molar-refractivity contribution >= 4 is 16.2 Å². The second-order valence-corrected chi connectivity index (χ2v) is 7.45. The molecule has 0 radical (unpaired) electrons. The molecule has 6 nitrogen and oxygen atoms in total. The Kier molecular flexibility index (Phi) is 6.41. The molecule has 1 aromatic carbocycles. The smallest absolute Gasteiger partial charge is 0.410 e. The molecular formula is C16H23NO5S. The van der Waals surface area contributed by atoms with Gasteiger partial charge in [0.1, 0.15) is 6.61 Å². The summed E-state index contributed by atoms with van der Waals surface area (Å²) < 4.78 is 32.0. The largest absolute Gasteiger partial charge is 0.445 e. The van der Waals surface area contributed by atoms with Gasteiger partial charge in [0.15, 0.2) is 0 Å². The number of carbonyl (C=O) groups is 1. The Bertz CT molecular complexity index is 602. The zero-order chi connectivity index (χ0) is 16.7. The van der Waals surface area contributed by atoms with Gasteiger partial charge in [-0.05, 0) is 30.7 Å². The second-order valence-electron chi connectivity index (χ2n) is 5.81. The number of nitrogens with zero attached hydrogens (tertiary/aromatic N) is 1. The third-order valence-electron chi connectivity index (χ3n) is 3.81. The van der Waals surface area contributed by atoms with Gasteiger partial charge in [0, 0.05) is 13.1 Å². The molecule has 2 rings (SSSR count). The summed E-state index contributed by atoms with van der Waals surface area (Å²) in [5.41, 5.74) is 0.955. The van der Waals surface area contributed by atoms with Crippen LogP contribution in [0, 0.1) is 5.92 Å². The third-order valence-corrected chi connectivity index (χ3v) is 4.40. The fourth-order valence-corrected chi connectivity index (χ4v) is 3.04. The Morgan fingerprint density at radius 3 is 2.74 bits per heavy atom. The van der Waals surface area contributed by atoms with Gasteiger partial charge in [-0.2, -0.15) is 8.42 Å². The topological polar surface area (TPSA) is 72.9 Å². The molecule has 1 amide bonds. The maximum Gasteiger partial charge on any atom is 0.410 e. The molecule has 23 heavy (non-hydrogen) atoms. The van der Waals surface area contributed by atoms with Gasteiger partial charge < -0.3 is 9.64 Å². The predicted molar refractivity (Wildman–Crippen MR) is 86.3 cm³/mol. The number of hydrogen-bond acceptors (Lipinski definition) is 5. The molecule has 0 saturated carbocycles. The Hall–Kier alpha value is -1.60. The van der Waals surface area contributed by atoms with Crippen LogP contribution in [0.5, 0.6) is 0 Å². The van der Waals surface area contributed by atoms with E-state index in [1.54, 1.807) is 4.90 Å². The molecule has 0 aliphatic carbocycles. The van der Waals surface area contributed by atoms with Crippen LogP contribution >= 0.6 is 0 Å². The number of hydrogen-bond donors (Lipinski definition) is 0. The fraction of sp³-hybridized carbons (Fsp3) is 0.562. The van der Waals surface area contributed by atoms with Crippen molar-refractivity contribution in [2.24, 2.45) is 5.92 Å². The lowest BCUT2D eigenvalue weighted by atomic mass is 9.95. The monoisotopic (exact) mass is 341 g/mol. The van der Waals surface area contributed by atoms with E-state index in [0.717, 1.165) is 24.7 Å². The minimum atomic E-state index is -3.40. The van der Waals surface area contributed by atoms with Gasteiger partial charge in [0.2, 0.25) is 0 Å². The Morgan fingerprint density at radius 1 is 1.30 bits per heavy atom. The highest BCUT2D eigenvalue weighted by molar-refractivity contribution is 7.85. The molecule has 128 valence electrons.